The highest BCUT2D eigenvalue weighted by molar-refractivity contribution is 8.13. The molecular formula is C11H13ClN4O4S. The van der Waals surface area contributed by atoms with Crippen molar-refractivity contribution in [1.29, 1.82) is 0 Å². The predicted octanol–water partition coefficient (Wildman–Crippen LogP) is 1.84. The van der Waals surface area contributed by atoms with Crippen LogP contribution in [-0.2, 0) is 13.8 Å². The number of hydrogen-bond donors (Lipinski definition) is 1. The van der Waals surface area contributed by atoms with E-state index >= 15 is 0 Å². The maximum Gasteiger partial charge on any atom is 0.427 e. The molecule has 0 aromatic carbocycles. The number of ether oxygens (including phenoxy) is 1. The van der Waals surface area contributed by atoms with Crippen LogP contribution in [0.5, 0.6) is 0 Å². The minimum atomic E-state index is -3.95. The van der Waals surface area contributed by atoms with Crippen LogP contribution in [0.4, 0.5) is 4.79 Å². The largest absolute Gasteiger partial charge is 0.443 e. The second-order valence-electron chi connectivity index (χ2n) is 5.15. The molecular weight excluding hydrogens is 320 g/mol. The van der Waals surface area contributed by atoms with Crippen molar-refractivity contribution in [3.8, 4) is 0 Å². The highest BCUT2D eigenvalue weighted by atomic mass is 35.7. The first-order chi connectivity index (χ1) is 9.56. The molecule has 2 aromatic heterocycles. The van der Waals surface area contributed by atoms with E-state index < -0.39 is 20.7 Å². The molecule has 0 saturated carbocycles. The molecule has 1 amide bonds. The van der Waals surface area contributed by atoms with E-state index in [1.54, 1.807) is 20.8 Å². The van der Waals surface area contributed by atoms with Crippen LogP contribution in [0, 0.1) is 0 Å². The van der Waals surface area contributed by atoms with Gasteiger partial charge in [0.25, 0.3) is 9.05 Å². The summed E-state index contributed by atoms with van der Waals surface area (Å²) in [6.07, 6.45) is 1.81. The van der Waals surface area contributed by atoms with E-state index in [0.29, 0.717) is 0 Å². The monoisotopic (exact) mass is 332 g/mol. The van der Waals surface area contributed by atoms with Crippen LogP contribution in [0.3, 0.4) is 0 Å². The molecule has 1 N–H and O–H groups in total. The van der Waals surface area contributed by atoms with Crippen molar-refractivity contribution in [3.63, 3.8) is 0 Å². The summed E-state index contributed by atoms with van der Waals surface area (Å²) in [5.41, 5.74) is 2.35. The summed E-state index contributed by atoms with van der Waals surface area (Å²) in [5.74, 6) is 0. The van der Waals surface area contributed by atoms with Gasteiger partial charge in [-0.05, 0) is 26.8 Å². The Balaban J connectivity index is 2.29. The van der Waals surface area contributed by atoms with E-state index in [0.717, 1.165) is 6.20 Å². The SMILES string of the molecule is CC(C)(C)OC(=O)Nn1ccc2nc(S(=O)(=O)Cl)cnc21. The van der Waals surface area contributed by atoms with Gasteiger partial charge in [0.2, 0.25) is 0 Å². The van der Waals surface area contributed by atoms with Gasteiger partial charge in [-0.1, -0.05) is 0 Å². The lowest BCUT2D eigenvalue weighted by molar-refractivity contribution is 0.0614. The molecule has 0 atom stereocenters. The van der Waals surface area contributed by atoms with Crippen LogP contribution in [0.1, 0.15) is 20.8 Å². The molecule has 10 heteroatoms. The van der Waals surface area contributed by atoms with E-state index in [1.165, 1.54) is 16.9 Å². The first kappa shape index (κ1) is 15.5. The summed E-state index contributed by atoms with van der Waals surface area (Å²) in [6, 6.07) is 1.49. The van der Waals surface area contributed by atoms with Gasteiger partial charge in [-0.15, -0.1) is 0 Å². The Morgan fingerprint density at radius 1 is 1.43 bits per heavy atom. The number of carbonyl (C=O) groups excluding carboxylic acids is 1. The fourth-order valence-electron chi connectivity index (χ4n) is 1.50. The van der Waals surface area contributed by atoms with Crippen LogP contribution in [0.25, 0.3) is 11.2 Å². The van der Waals surface area contributed by atoms with Crippen molar-refractivity contribution in [3.05, 3.63) is 18.5 Å². The number of aromatic nitrogens is 3. The average molecular weight is 333 g/mol. The Bertz CT molecular complexity index is 794. The van der Waals surface area contributed by atoms with Crippen LogP contribution in [0.15, 0.2) is 23.5 Å². The lowest BCUT2D eigenvalue weighted by atomic mass is 10.2. The van der Waals surface area contributed by atoms with Crippen LogP contribution in [0.2, 0.25) is 0 Å². The molecule has 0 aliphatic carbocycles. The highest BCUT2D eigenvalue weighted by Gasteiger charge is 2.18. The number of hydrogen-bond acceptors (Lipinski definition) is 6. The first-order valence-corrected chi connectivity index (χ1v) is 8.16. The molecule has 0 saturated heterocycles. The molecule has 0 aliphatic heterocycles. The summed E-state index contributed by atoms with van der Waals surface area (Å²) >= 11 is 0. The van der Waals surface area contributed by atoms with E-state index in [1.807, 2.05) is 0 Å². The summed E-state index contributed by atoms with van der Waals surface area (Å²) in [7, 11) is 1.24. The zero-order valence-electron chi connectivity index (χ0n) is 11.5. The Morgan fingerprint density at radius 3 is 2.67 bits per heavy atom. The molecule has 2 heterocycles. The number of carbonyl (C=O) groups is 1. The first-order valence-electron chi connectivity index (χ1n) is 5.85. The van der Waals surface area contributed by atoms with Crippen LogP contribution >= 0.6 is 10.7 Å². The normalized spacial score (nSPS) is 12.4. The molecule has 21 heavy (non-hydrogen) atoms. The number of amides is 1. The van der Waals surface area contributed by atoms with Gasteiger partial charge in [0, 0.05) is 16.9 Å². The van der Waals surface area contributed by atoms with Crippen molar-refractivity contribution in [2.24, 2.45) is 0 Å². The maximum atomic E-state index is 11.7. The third-order valence-corrected chi connectivity index (χ3v) is 3.40. The lowest BCUT2D eigenvalue weighted by Crippen LogP contribution is -2.31. The average Bonchev–Trinajstić information content (AvgIpc) is 2.68. The van der Waals surface area contributed by atoms with Crippen molar-refractivity contribution in [2.45, 2.75) is 31.4 Å². The summed E-state index contributed by atoms with van der Waals surface area (Å²) in [5, 5.41) is -0.355. The van der Waals surface area contributed by atoms with Crippen molar-refractivity contribution >= 4 is 37.0 Å². The van der Waals surface area contributed by atoms with Gasteiger partial charge in [-0.3, -0.25) is 0 Å². The Kier molecular flexibility index (Phi) is 3.81. The highest BCUT2D eigenvalue weighted by Crippen LogP contribution is 2.16. The van der Waals surface area contributed by atoms with Gasteiger partial charge < -0.3 is 4.74 Å². The number of fused-ring (bicyclic) bond motifs is 1. The molecule has 2 aromatic rings. The summed E-state index contributed by atoms with van der Waals surface area (Å²) in [6.45, 7) is 5.20. The zero-order valence-corrected chi connectivity index (χ0v) is 13.1. The predicted molar refractivity (Wildman–Crippen MR) is 76.2 cm³/mol. The summed E-state index contributed by atoms with van der Waals surface area (Å²) < 4.78 is 28.7. The zero-order chi connectivity index (χ0) is 15.8. The molecule has 0 bridgehead atoms. The Hall–Kier alpha value is -1.87. The van der Waals surface area contributed by atoms with Crippen molar-refractivity contribution in [2.75, 3.05) is 5.43 Å². The Labute approximate surface area is 125 Å². The molecule has 0 unspecified atom stereocenters. The topological polar surface area (TPSA) is 103 Å². The number of halogens is 1. The van der Waals surface area contributed by atoms with Crippen LogP contribution < -0.4 is 5.43 Å². The molecule has 0 fully saturated rings. The summed E-state index contributed by atoms with van der Waals surface area (Å²) in [4.78, 5) is 19.5. The quantitative estimate of drug-likeness (QED) is 0.841. The molecule has 2 rings (SSSR count). The van der Waals surface area contributed by atoms with Gasteiger partial charge in [0.1, 0.15) is 11.1 Å². The third kappa shape index (κ3) is 3.82. The molecule has 0 radical (unpaired) electrons. The fourth-order valence-corrected chi connectivity index (χ4v) is 2.11. The van der Waals surface area contributed by atoms with Crippen molar-refractivity contribution < 1.29 is 17.9 Å². The molecule has 114 valence electrons. The molecule has 0 spiro atoms. The van der Waals surface area contributed by atoms with Crippen LogP contribution in [-0.4, -0.2) is 34.8 Å². The number of nitrogens with one attached hydrogen (secondary N) is 1. The Morgan fingerprint density at radius 2 is 2.10 bits per heavy atom. The molecule has 0 aliphatic rings. The lowest BCUT2D eigenvalue weighted by Gasteiger charge is -2.19. The van der Waals surface area contributed by atoms with E-state index in [9.17, 15) is 13.2 Å². The second-order valence-corrected chi connectivity index (χ2v) is 7.67. The smallest absolute Gasteiger partial charge is 0.427 e. The van der Waals surface area contributed by atoms with Gasteiger partial charge in [-0.2, -0.15) is 0 Å². The van der Waals surface area contributed by atoms with Gasteiger partial charge >= 0.3 is 6.09 Å². The fraction of sp³-hybridized carbons (Fsp3) is 0.364. The minimum Gasteiger partial charge on any atom is -0.443 e. The van der Waals surface area contributed by atoms with Gasteiger partial charge in [0.15, 0.2) is 10.7 Å². The number of rotatable bonds is 2. The minimum absolute atomic E-state index is 0.268. The van der Waals surface area contributed by atoms with Crippen molar-refractivity contribution in [1.82, 2.24) is 14.6 Å². The van der Waals surface area contributed by atoms with E-state index in [2.05, 4.69) is 15.4 Å². The van der Waals surface area contributed by atoms with E-state index in [4.69, 9.17) is 15.4 Å². The maximum absolute atomic E-state index is 11.7. The third-order valence-electron chi connectivity index (χ3n) is 2.23. The second kappa shape index (κ2) is 5.15. The molecule has 8 nitrogen and oxygen atoms in total. The van der Waals surface area contributed by atoms with Gasteiger partial charge in [0.05, 0.1) is 6.20 Å². The number of nitrogens with zero attached hydrogens (tertiary/aromatic N) is 3. The van der Waals surface area contributed by atoms with E-state index in [-0.39, 0.29) is 16.2 Å². The van der Waals surface area contributed by atoms with Gasteiger partial charge in [-0.25, -0.2) is 33.3 Å². The standard InChI is InChI=1S/C11H13ClN4O4S/c1-11(2,3)20-10(17)15-16-5-4-7-9(16)13-6-8(14-7)21(12,18)19/h4-6H,1-3H3,(H,15,17).